The third-order valence-electron chi connectivity index (χ3n) is 2.89. The largest absolute Gasteiger partial charge is 0.366 e. The molecule has 0 aliphatic heterocycles. The minimum absolute atomic E-state index is 0.261. The molecular formula is C13H13ClN2O2. The van der Waals surface area contributed by atoms with Crippen LogP contribution in [0.2, 0.25) is 5.02 Å². The van der Waals surface area contributed by atoms with Crippen LogP contribution >= 0.6 is 11.6 Å². The summed E-state index contributed by atoms with van der Waals surface area (Å²) >= 11 is 5.76. The quantitative estimate of drug-likeness (QED) is 0.879. The molecule has 0 saturated heterocycles. The smallest absolute Gasteiger partial charge is 0.252 e. The van der Waals surface area contributed by atoms with E-state index in [1.807, 2.05) is 0 Å². The van der Waals surface area contributed by atoms with Gasteiger partial charge in [-0.2, -0.15) is 0 Å². The Hall–Kier alpha value is -1.81. The highest BCUT2D eigenvalue weighted by Crippen LogP contribution is 2.27. The lowest BCUT2D eigenvalue weighted by Gasteiger charge is -2.07. The van der Waals surface area contributed by atoms with Gasteiger partial charge < -0.3 is 11.1 Å². The van der Waals surface area contributed by atoms with Crippen LogP contribution in [0, 0.1) is 0 Å². The van der Waals surface area contributed by atoms with Gasteiger partial charge in [-0.05, 0) is 43.5 Å². The molecule has 0 aromatic heterocycles. The summed E-state index contributed by atoms with van der Waals surface area (Å²) in [6.07, 6.45) is 1.97. The number of hydrogen-bond acceptors (Lipinski definition) is 2. The van der Waals surface area contributed by atoms with E-state index in [1.54, 1.807) is 24.3 Å². The van der Waals surface area contributed by atoms with Crippen molar-refractivity contribution in [3.05, 3.63) is 40.4 Å². The average Bonchev–Trinajstić information content (AvgIpc) is 2.81. The highest BCUT2D eigenvalue weighted by molar-refractivity contribution is 6.30. The van der Waals surface area contributed by atoms with E-state index in [4.69, 9.17) is 17.3 Å². The van der Waals surface area contributed by atoms with Crippen LogP contribution in [0.15, 0.2) is 35.4 Å². The molecule has 2 rings (SSSR count). The molecule has 0 unspecified atom stereocenters. The summed E-state index contributed by atoms with van der Waals surface area (Å²) in [5.74, 6) is -0.766. The first kappa shape index (κ1) is 12.6. The van der Waals surface area contributed by atoms with Crippen molar-refractivity contribution < 1.29 is 9.59 Å². The van der Waals surface area contributed by atoms with Gasteiger partial charge >= 0.3 is 0 Å². The maximum absolute atomic E-state index is 12.0. The number of benzene rings is 1. The number of anilines is 1. The molecule has 0 fully saturated rings. The fourth-order valence-electron chi connectivity index (χ4n) is 2.01. The summed E-state index contributed by atoms with van der Waals surface area (Å²) in [6.45, 7) is 0. The monoisotopic (exact) mass is 264 g/mol. The van der Waals surface area contributed by atoms with Crippen molar-refractivity contribution in [1.29, 1.82) is 0 Å². The van der Waals surface area contributed by atoms with E-state index in [0.717, 1.165) is 6.42 Å². The molecule has 0 bridgehead atoms. The summed E-state index contributed by atoms with van der Waals surface area (Å²) in [5.41, 5.74) is 6.83. The lowest BCUT2D eigenvalue weighted by molar-refractivity contribution is -0.116. The van der Waals surface area contributed by atoms with Crippen molar-refractivity contribution in [1.82, 2.24) is 0 Å². The lowest BCUT2D eigenvalue weighted by Crippen LogP contribution is -2.20. The number of halogens is 1. The Morgan fingerprint density at radius 3 is 2.33 bits per heavy atom. The number of nitrogens with one attached hydrogen (secondary N) is 1. The molecule has 2 amide bonds. The van der Waals surface area contributed by atoms with Gasteiger partial charge in [-0.25, -0.2) is 0 Å². The minimum Gasteiger partial charge on any atom is -0.366 e. The first-order chi connectivity index (χ1) is 8.58. The molecule has 0 saturated carbocycles. The van der Waals surface area contributed by atoms with Crippen molar-refractivity contribution in [3.8, 4) is 0 Å². The third-order valence-corrected chi connectivity index (χ3v) is 3.14. The van der Waals surface area contributed by atoms with E-state index < -0.39 is 5.91 Å². The van der Waals surface area contributed by atoms with Crippen LogP contribution in [0.4, 0.5) is 5.69 Å². The molecule has 0 heterocycles. The molecule has 18 heavy (non-hydrogen) atoms. The standard InChI is InChI=1S/C13H13ClN2O2/c14-8-4-6-9(7-5-8)16-13(18)11-3-1-2-10(11)12(15)17/h4-7H,1-3H2,(H2,15,17)(H,16,18). The molecule has 5 heteroatoms. The van der Waals surface area contributed by atoms with Crippen LogP contribution < -0.4 is 11.1 Å². The van der Waals surface area contributed by atoms with Crippen LogP contribution in [-0.4, -0.2) is 11.8 Å². The summed E-state index contributed by atoms with van der Waals surface area (Å²) < 4.78 is 0. The topological polar surface area (TPSA) is 72.2 Å². The van der Waals surface area contributed by atoms with Crippen LogP contribution in [0.5, 0.6) is 0 Å². The summed E-state index contributed by atoms with van der Waals surface area (Å²) in [5, 5.41) is 3.34. The average molecular weight is 265 g/mol. The van der Waals surface area contributed by atoms with Crippen LogP contribution in [0.25, 0.3) is 0 Å². The highest BCUT2D eigenvalue weighted by atomic mass is 35.5. The van der Waals surface area contributed by atoms with Crippen molar-refractivity contribution in [2.24, 2.45) is 5.73 Å². The lowest BCUT2D eigenvalue weighted by atomic mass is 10.1. The van der Waals surface area contributed by atoms with Gasteiger partial charge in [-0.3, -0.25) is 9.59 Å². The molecule has 94 valence electrons. The second-order valence-corrected chi connectivity index (χ2v) is 4.57. The van der Waals surface area contributed by atoms with Gasteiger partial charge in [0.05, 0.1) is 0 Å². The maximum atomic E-state index is 12.0. The molecule has 1 aromatic rings. The molecule has 1 aliphatic rings. The highest BCUT2D eigenvalue weighted by Gasteiger charge is 2.23. The van der Waals surface area contributed by atoms with E-state index in [1.165, 1.54) is 0 Å². The Labute approximate surface area is 110 Å². The fourth-order valence-corrected chi connectivity index (χ4v) is 2.13. The van der Waals surface area contributed by atoms with Crippen LogP contribution in [0.3, 0.4) is 0 Å². The van der Waals surface area contributed by atoms with E-state index in [2.05, 4.69) is 5.32 Å². The van der Waals surface area contributed by atoms with Gasteiger partial charge in [0.25, 0.3) is 5.91 Å². The molecule has 0 atom stereocenters. The number of rotatable bonds is 3. The molecule has 1 aromatic carbocycles. The van der Waals surface area contributed by atoms with Crippen molar-refractivity contribution in [2.75, 3.05) is 5.32 Å². The Morgan fingerprint density at radius 2 is 1.72 bits per heavy atom. The number of primary amides is 1. The maximum Gasteiger partial charge on any atom is 0.252 e. The normalized spacial score (nSPS) is 14.7. The minimum atomic E-state index is -0.506. The van der Waals surface area contributed by atoms with Crippen molar-refractivity contribution >= 4 is 29.1 Å². The Balaban J connectivity index is 2.15. The predicted octanol–water partition coefficient (Wildman–Crippen LogP) is 2.24. The summed E-state index contributed by atoms with van der Waals surface area (Å²) in [4.78, 5) is 23.2. The zero-order valence-electron chi connectivity index (χ0n) is 9.70. The first-order valence-electron chi connectivity index (χ1n) is 5.66. The van der Waals surface area contributed by atoms with E-state index in [-0.39, 0.29) is 5.91 Å². The number of amides is 2. The van der Waals surface area contributed by atoms with E-state index >= 15 is 0 Å². The predicted molar refractivity (Wildman–Crippen MR) is 70.2 cm³/mol. The van der Waals surface area contributed by atoms with Gasteiger partial charge in [-0.1, -0.05) is 11.6 Å². The number of carbonyl (C=O) groups excluding carboxylic acids is 2. The van der Waals surface area contributed by atoms with Crippen LogP contribution in [-0.2, 0) is 9.59 Å². The number of hydrogen-bond donors (Lipinski definition) is 2. The molecule has 3 N–H and O–H groups in total. The Bertz CT molecular complexity index is 520. The van der Waals surface area contributed by atoms with Gasteiger partial charge in [0.15, 0.2) is 0 Å². The molecule has 4 nitrogen and oxygen atoms in total. The molecule has 0 radical (unpaired) electrons. The number of nitrogens with two attached hydrogens (primary N) is 1. The SMILES string of the molecule is NC(=O)C1=C(C(=O)Nc2ccc(Cl)cc2)CCC1. The Kier molecular flexibility index (Phi) is 3.67. The van der Waals surface area contributed by atoms with Gasteiger partial charge in [-0.15, -0.1) is 0 Å². The van der Waals surface area contributed by atoms with Crippen molar-refractivity contribution in [2.45, 2.75) is 19.3 Å². The van der Waals surface area contributed by atoms with E-state index in [9.17, 15) is 9.59 Å². The van der Waals surface area contributed by atoms with Gasteiger partial charge in [0.1, 0.15) is 0 Å². The zero-order chi connectivity index (χ0) is 13.1. The summed E-state index contributed by atoms with van der Waals surface area (Å²) in [6, 6.07) is 6.80. The molecular weight excluding hydrogens is 252 g/mol. The van der Waals surface area contributed by atoms with Crippen LogP contribution in [0.1, 0.15) is 19.3 Å². The van der Waals surface area contributed by atoms with Crippen molar-refractivity contribution in [3.63, 3.8) is 0 Å². The zero-order valence-corrected chi connectivity index (χ0v) is 10.5. The first-order valence-corrected chi connectivity index (χ1v) is 6.04. The fraction of sp³-hybridized carbons (Fsp3) is 0.231. The summed E-state index contributed by atoms with van der Waals surface area (Å²) in [7, 11) is 0. The Morgan fingerprint density at radius 1 is 1.11 bits per heavy atom. The molecule has 0 spiro atoms. The second-order valence-electron chi connectivity index (χ2n) is 4.14. The van der Waals surface area contributed by atoms with Gasteiger partial charge in [0.2, 0.25) is 5.91 Å². The number of carbonyl (C=O) groups is 2. The van der Waals surface area contributed by atoms with Gasteiger partial charge in [0, 0.05) is 21.9 Å². The third kappa shape index (κ3) is 2.71. The second kappa shape index (κ2) is 5.23. The molecule has 1 aliphatic carbocycles. The van der Waals surface area contributed by atoms with E-state index in [0.29, 0.717) is 34.7 Å².